The Kier molecular flexibility index (Phi) is 4.14. The van der Waals surface area contributed by atoms with Crippen molar-refractivity contribution in [3.8, 4) is 0 Å². The fraction of sp³-hybridized carbons (Fsp3) is 0.500. The molecule has 1 aromatic rings. The Bertz CT molecular complexity index is 475. The average molecular weight is 269 g/mol. The minimum atomic E-state index is -0.590. The lowest BCUT2D eigenvalue weighted by atomic mass is 10.1. The Balaban J connectivity index is 1.95. The van der Waals surface area contributed by atoms with Gasteiger partial charge >= 0.3 is 0 Å². The van der Waals surface area contributed by atoms with Crippen LogP contribution in [0.2, 0.25) is 0 Å². The van der Waals surface area contributed by atoms with Crippen molar-refractivity contribution in [1.29, 1.82) is 0 Å². The van der Waals surface area contributed by atoms with Crippen molar-refractivity contribution in [2.45, 2.75) is 44.8 Å². The molecule has 3 nitrogen and oxygen atoms in total. The van der Waals surface area contributed by atoms with Crippen LogP contribution >= 0.6 is 0 Å². The van der Waals surface area contributed by atoms with Crippen LogP contribution in [0.25, 0.3) is 0 Å². The summed E-state index contributed by atoms with van der Waals surface area (Å²) in [6, 6.07) is 3.32. The molecule has 1 amide bonds. The second-order valence-corrected chi connectivity index (χ2v) is 5.22. The van der Waals surface area contributed by atoms with E-state index in [0.29, 0.717) is 11.6 Å². The summed E-state index contributed by atoms with van der Waals surface area (Å²) in [5.41, 5.74) is 0.410. The molecule has 0 spiro atoms. The highest BCUT2D eigenvalue weighted by Crippen LogP contribution is 2.18. The van der Waals surface area contributed by atoms with Crippen LogP contribution in [0.5, 0.6) is 0 Å². The maximum atomic E-state index is 13.6. The summed E-state index contributed by atoms with van der Waals surface area (Å²) >= 11 is 0. The highest BCUT2D eigenvalue weighted by atomic mass is 19.1. The van der Waals surface area contributed by atoms with Gasteiger partial charge in [-0.15, -0.1) is 0 Å². The minimum absolute atomic E-state index is 0.0307. The summed E-state index contributed by atoms with van der Waals surface area (Å²) < 4.78 is 26.4. The molecule has 1 saturated carbocycles. The van der Waals surface area contributed by atoms with Crippen LogP contribution in [0.3, 0.4) is 0 Å². The molecular weight excluding hydrogens is 250 g/mol. The van der Waals surface area contributed by atoms with Gasteiger partial charge in [-0.2, -0.15) is 0 Å². The topological polar surface area (TPSA) is 45.7 Å². The van der Waals surface area contributed by atoms with Gasteiger partial charge in [0.25, 0.3) is 5.91 Å². The zero-order chi connectivity index (χ0) is 14.0. The van der Waals surface area contributed by atoms with E-state index in [1.807, 2.05) is 0 Å². The number of nitrogens with one attached hydrogen (secondary N) is 1. The lowest BCUT2D eigenvalue weighted by molar-refractivity contribution is -0.710. The van der Waals surface area contributed by atoms with Gasteiger partial charge in [-0.1, -0.05) is 0 Å². The normalized spacial score (nSPS) is 17.9. The molecule has 2 rings (SSSR count). The average Bonchev–Trinajstić information content (AvgIpc) is 3.12. The van der Waals surface area contributed by atoms with Gasteiger partial charge in [0.15, 0.2) is 6.04 Å². The fourth-order valence-electron chi connectivity index (χ4n) is 2.06. The molecule has 19 heavy (non-hydrogen) atoms. The SMILES string of the molecule is C[C@H]([NH2+][C@@H](C)c1ccc(F)cc1F)C(=O)NC1CC1. The maximum absolute atomic E-state index is 13.6. The molecule has 0 aromatic heterocycles. The first-order valence-corrected chi connectivity index (χ1v) is 6.57. The lowest BCUT2D eigenvalue weighted by Crippen LogP contribution is -2.92. The number of carbonyl (C=O) groups is 1. The number of benzene rings is 1. The molecule has 0 saturated heterocycles. The number of amides is 1. The molecule has 0 unspecified atom stereocenters. The Labute approximate surface area is 111 Å². The van der Waals surface area contributed by atoms with Crippen molar-refractivity contribution in [2.24, 2.45) is 0 Å². The third-order valence-electron chi connectivity index (χ3n) is 3.37. The third kappa shape index (κ3) is 3.73. The van der Waals surface area contributed by atoms with Crippen molar-refractivity contribution >= 4 is 5.91 Å². The van der Waals surface area contributed by atoms with E-state index in [1.165, 1.54) is 12.1 Å². The van der Waals surface area contributed by atoms with Crippen LogP contribution in [0.1, 0.15) is 38.3 Å². The van der Waals surface area contributed by atoms with Gasteiger partial charge in [-0.3, -0.25) is 4.79 Å². The molecule has 3 N–H and O–H groups in total. The lowest BCUT2D eigenvalue weighted by Gasteiger charge is -2.17. The number of nitrogens with two attached hydrogens (primary N) is 1. The van der Waals surface area contributed by atoms with Gasteiger partial charge in [-0.05, 0) is 38.8 Å². The van der Waals surface area contributed by atoms with Gasteiger partial charge in [0.1, 0.15) is 17.7 Å². The molecule has 1 aliphatic rings. The maximum Gasteiger partial charge on any atom is 0.278 e. The van der Waals surface area contributed by atoms with Crippen molar-refractivity contribution in [3.05, 3.63) is 35.4 Å². The Morgan fingerprint density at radius 2 is 2.05 bits per heavy atom. The molecule has 0 heterocycles. The summed E-state index contributed by atoms with van der Waals surface area (Å²) in [7, 11) is 0. The number of halogens is 2. The van der Waals surface area contributed by atoms with Gasteiger partial charge in [0, 0.05) is 17.7 Å². The first-order chi connectivity index (χ1) is 8.97. The molecule has 0 bridgehead atoms. The third-order valence-corrected chi connectivity index (χ3v) is 3.37. The first kappa shape index (κ1) is 13.9. The van der Waals surface area contributed by atoms with Gasteiger partial charge in [0.2, 0.25) is 0 Å². The summed E-state index contributed by atoms with van der Waals surface area (Å²) in [4.78, 5) is 11.8. The highest BCUT2D eigenvalue weighted by Gasteiger charge is 2.28. The van der Waals surface area contributed by atoms with E-state index >= 15 is 0 Å². The van der Waals surface area contributed by atoms with E-state index in [1.54, 1.807) is 19.2 Å². The Morgan fingerprint density at radius 1 is 1.37 bits per heavy atom. The zero-order valence-corrected chi connectivity index (χ0v) is 11.1. The molecule has 1 fully saturated rings. The molecule has 5 heteroatoms. The van der Waals surface area contributed by atoms with Crippen molar-refractivity contribution in [3.63, 3.8) is 0 Å². The quantitative estimate of drug-likeness (QED) is 0.830. The standard InChI is InChI=1S/C14H18F2N2O/c1-8(12-6-3-10(15)7-13(12)16)17-9(2)14(19)18-11-4-5-11/h3,6-9,11,17H,4-5H2,1-2H3,(H,18,19)/p+1/t8-,9-/m0/s1. The number of hydrogen-bond acceptors (Lipinski definition) is 1. The highest BCUT2D eigenvalue weighted by molar-refractivity contribution is 5.80. The fourth-order valence-corrected chi connectivity index (χ4v) is 2.06. The number of rotatable bonds is 5. The van der Waals surface area contributed by atoms with Crippen molar-refractivity contribution in [1.82, 2.24) is 5.32 Å². The van der Waals surface area contributed by atoms with Crippen LogP contribution in [-0.4, -0.2) is 18.0 Å². The molecule has 0 radical (unpaired) electrons. The van der Waals surface area contributed by atoms with Gasteiger partial charge < -0.3 is 10.6 Å². The minimum Gasteiger partial charge on any atom is -0.348 e. The van der Waals surface area contributed by atoms with E-state index < -0.39 is 11.6 Å². The largest absolute Gasteiger partial charge is 0.348 e. The molecular formula is C14H19F2N2O+. The summed E-state index contributed by atoms with van der Waals surface area (Å²) in [5, 5.41) is 4.70. The molecule has 104 valence electrons. The smallest absolute Gasteiger partial charge is 0.278 e. The zero-order valence-electron chi connectivity index (χ0n) is 11.1. The van der Waals surface area contributed by atoms with Crippen LogP contribution in [0.15, 0.2) is 18.2 Å². The Hall–Kier alpha value is -1.49. The van der Waals surface area contributed by atoms with E-state index in [2.05, 4.69) is 5.32 Å². The predicted octanol–water partition coefficient (Wildman–Crippen LogP) is 1.26. The van der Waals surface area contributed by atoms with Gasteiger partial charge in [-0.25, -0.2) is 8.78 Å². The second-order valence-electron chi connectivity index (χ2n) is 5.22. The predicted molar refractivity (Wildman–Crippen MR) is 67.3 cm³/mol. The summed E-state index contributed by atoms with van der Waals surface area (Å²) in [6.45, 7) is 3.59. The summed E-state index contributed by atoms with van der Waals surface area (Å²) in [6.07, 6.45) is 2.08. The van der Waals surface area contributed by atoms with Crippen LogP contribution < -0.4 is 10.6 Å². The molecule has 0 aliphatic heterocycles. The van der Waals surface area contributed by atoms with Crippen LogP contribution in [0.4, 0.5) is 8.78 Å². The van der Waals surface area contributed by atoms with Crippen LogP contribution in [0, 0.1) is 11.6 Å². The molecule has 2 atom stereocenters. The summed E-state index contributed by atoms with van der Waals surface area (Å²) in [5.74, 6) is -1.19. The van der Waals surface area contributed by atoms with E-state index in [9.17, 15) is 13.6 Å². The number of hydrogen-bond donors (Lipinski definition) is 2. The van der Waals surface area contributed by atoms with E-state index in [4.69, 9.17) is 0 Å². The van der Waals surface area contributed by atoms with Crippen LogP contribution in [-0.2, 0) is 4.79 Å². The molecule has 1 aromatic carbocycles. The second kappa shape index (κ2) is 5.65. The molecule has 1 aliphatic carbocycles. The Morgan fingerprint density at radius 3 is 2.63 bits per heavy atom. The van der Waals surface area contributed by atoms with Crippen molar-refractivity contribution in [2.75, 3.05) is 0 Å². The number of quaternary nitrogens is 1. The van der Waals surface area contributed by atoms with E-state index in [-0.39, 0.29) is 18.0 Å². The first-order valence-electron chi connectivity index (χ1n) is 6.57. The van der Waals surface area contributed by atoms with Gasteiger partial charge in [0.05, 0.1) is 0 Å². The monoisotopic (exact) mass is 269 g/mol. The number of carbonyl (C=O) groups excluding carboxylic acids is 1. The van der Waals surface area contributed by atoms with E-state index in [0.717, 1.165) is 18.9 Å². The van der Waals surface area contributed by atoms with Crippen molar-refractivity contribution < 1.29 is 18.9 Å².